The fourth-order valence-electron chi connectivity index (χ4n) is 2.04. The second kappa shape index (κ2) is 4.84. The van der Waals surface area contributed by atoms with Gasteiger partial charge in [0.05, 0.1) is 7.11 Å². The fourth-order valence-corrected chi connectivity index (χ4v) is 2.04. The van der Waals surface area contributed by atoms with Crippen LogP contribution in [0.5, 0.6) is 0 Å². The molecule has 4 heteroatoms. The van der Waals surface area contributed by atoms with Crippen molar-refractivity contribution in [3.05, 3.63) is 30.1 Å². The number of nitrogens with zero attached hydrogens (tertiary/aromatic N) is 1. The van der Waals surface area contributed by atoms with E-state index in [4.69, 9.17) is 4.74 Å². The van der Waals surface area contributed by atoms with Crippen molar-refractivity contribution in [1.82, 2.24) is 10.3 Å². The van der Waals surface area contributed by atoms with Gasteiger partial charge in [-0.1, -0.05) is 6.07 Å². The molecule has 1 heterocycles. The molecule has 0 amide bonds. The molecule has 1 aromatic heterocycles. The summed E-state index contributed by atoms with van der Waals surface area (Å²) in [4.78, 5) is 15.9. The minimum Gasteiger partial charge on any atom is -0.468 e. The van der Waals surface area contributed by atoms with Crippen molar-refractivity contribution in [2.24, 2.45) is 5.92 Å². The molecule has 1 aliphatic carbocycles. The normalized spacial score (nSPS) is 18.5. The number of aromatic nitrogens is 1. The van der Waals surface area contributed by atoms with Crippen molar-refractivity contribution < 1.29 is 9.53 Å². The smallest absolute Gasteiger partial charge is 0.326 e. The first-order chi connectivity index (χ1) is 8.16. The van der Waals surface area contributed by atoms with Crippen molar-refractivity contribution >= 4 is 5.97 Å². The predicted molar refractivity (Wildman–Crippen MR) is 64.2 cm³/mol. The Morgan fingerprint density at radius 3 is 2.94 bits per heavy atom. The largest absolute Gasteiger partial charge is 0.468 e. The number of hydrogen-bond acceptors (Lipinski definition) is 4. The molecule has 1 saturated carbocycles. The molecule has 1 atom stereocenters. The molecule has 1 aliphatic rings. The summed E-state index contributed by atoms with van der Waals surface area (Å²) in [6, 6.07) is 3.88. The summed E-state index contributed by atoms with van der Waals surface area (Å²) >= 11 is 0. The van der Waals surface area contributed by atoms with E-state index in [0.717, 1.165) is 18.4 Å². The molecule has 0 radical (unpaired) electrons. The highest BCUT2D eigenvalue weighted by Gasteiger charge is 2.47. The van der Waals surface area contributed by atoms with Crippen molar-refractivity contribution in [2.75, 3.05) is 7.11 Å². The van der Waals surface area contributed by atoms with Crippen LogP contribution in [0.3, 0.4) is 0 Å². The van der Waals surface area contributed by atoms with Crippen LogP contribution in [-0.4, -0.2) is 23.6 Å². The van der Waals surface area contributed by atoms with Gasteiger partial charge in [0.2, 0.25) is 0 Å². The summed E-state index contributed by atoms with van der Waals surface area (Å²) in [6.07, 6.45) is 5.72. The molecule has 1 aromatic rings. The molecule has 0 aliphatic heterocycles. The van der Waals surface area contributed by atoms with Gasteiger partial charge in [0.15, 0.2) is 0 Å². The second-order valence-corrected chi connectivity index (χ2v) is 4.68. The predicted octanol–water partition coefficient (Wildman–Crippen LogP) is 1.51. The van der Waals surface area contributed by atoms with E-state index in [1.807, 2.05) is 19.1 Å². The van der Waals surface area contributed by atoms with Gasteiger partial charge in [0, 0.05) is 18.9 Å². The standard InChI is InChI=1S/C13H18N2O2/c1-13(11-5-6-11,12(16)17-2)15-9-10-4-3-7-14-8-10/h3-4,7-8,11,15H,5-6,9H2,1-2H3/t13-/m0/s1. The molecule has 0 spiro atoms. The van der Waals surface area contributed by atoms with Gasteiger partial charge in [-0.15, -0.1) is 0 Å². The quantitative estimate of drug-likeness (QED) is 0.785. The highest BCUT2D eigenvalue weighted by molar-refractivity contribution is 5.81. The molecule has 2 rings (SSSR count). The SMILES string of the molecule is COC(=O)[C@@](C)(NCc1cccnc1)C1CC1. The van der Waals surface area contributed by atoms with Crippen LogP contribution in [-0.2, 0) is 16.1 Å². The first kappa shape index (κ1) is 12.0. The summed E-state index contributed by atoms with van der Waals surface area (Å²) in [7, 11) is 1.44. The van der Waals surface area contributed by atoms with Crippen LogP contribution in [0, 0.1) is 5.92 Å². The average molecular weight is 234 g/mol. The number of carbonyl (C=O) groups excluding carboxylic acids is 1. The van der Waals surface area contributed by atoms with Gasteiger partial charge in [-0.3, -0.25) is 15.1 Å². The Morgan fingerprint density at radius 2 is 2.41 bits per heavy atom. The number of pyridine rings is 1. The van der Waals surface area contributed by atoms with Crippen LogP contribution >= 0.6 is 0 Å². The Morgan fingerprint density at radius 1 is 1.65 bits per heavy atom. The summed E-state index contributed by atoms with van der Waals surface area (Å²) in [5.41, 5.74) is 0.508. The molecule has 0 bridgehead atoms. The van der Waals surface area contributed by atoms with E-state index in [2.05, 4.69) is 10.3 Å². The first-order valence-electron chi connectivity index (χ1n) is 5.89. The Balaban J connectivity index is 2.01. The lowest BCUT2D eigenvalue weighted by atomic mass is 9.95. The minimum atomic E-state index is -0.565. The van der Waals surface area contributed by atoms with Gasteiger partial charge >= 0.3 is 5.97 Å². The van der Waals surface area contributed by atoms with E-state index in [1.54, 1.807) is 12.4 Å². The Kier molecular flexibility index (Phi) is 3.43. The molecule has 0 unspecified atom stereocenters. The van der Waals surface area contributed by atoms with Crippen LogP contribution < -0.4 is 5.32 Å². The van der Waals surface area contributed by atoms with Gasteiger partial charge < -0.3 is 4.74 Å². The van der Waals surface area contributed by atoms with E-state index in [1.165, 1.54) is 7.11 Å². The maximum Gasteiger partial charge on any atom is 0.326 e. The van der Waals surface area contributed by atoms with Gasteiger partial charge in [-0.05, 0) is 37.3 Å². The second-order valence-electron chi connectivity index (χ2n) is 4.68. The van der Waals surface area contributed by atoms with Gasteiger partial charge in [-0.2, -0.15) is 0 Å². The lowest BCUT2D eigenvalue weighted by molar-refractivity contribution is -0.149. The van der Waals surface area contributed by atoms with Gasteiger partial charge in [0.25, 0.3) is 0 Å². The van der Waals surface area contributed by atoms with Crippen LogP contribution in [0.15, 0.2) is 24.5 Å². The van der Waals surface area contributed by atoms with Crippen molar-refractivity contribution in [1.29, 1.82) is 0 Å². The monoisotopic (exact) mass is 234 g/mol. The third-order valence-electron chi connectivity index (χ3n) is 3.39. The maximum atomic E-state index is 11.8. The van der Waals surface area contributed by atoms with Crippen LogP contribution in [0.4, 0.5) is 0 Å². The molecular weight excluding hydrogens is 216 g/mol. The lowest BCUT2D eigenvalue weighted by Crippen LogP contribution is -2.51. The zero-order chi connectivity index (χ0) is 12.3. The molecule has 17 heavy (non-hydrogen) atoms. The first-order valence-corrected chi connectivity index (χ1v) is 5.89. The van der Waals surface area contributed by atoms with E-state index >= 15 is 0 Å². The molecule has 0 saturated heterocycles. The third kappa shape index (κ3) is 2.64. The Labute approximate surface area is 101 Å². The van der Waals surface area contributed by atoms with E-state index in [9.17, 15) is 4.79 Å². The lowest BCUT2D eigenvalue weighted by Gasteiger charge is -2.28. The van der Waals surface area contributed by atoms with Crippen LogP contribution in [0.25, 0.3) is 0 Å². The van der Waals surface area contributed by atoms with Gasteiger partial charge in [-0.25, -0.2) is 0 Å². The zero-order valence-electron chi connectivity index (χ0n) is 10.3. The molecule has 0 aromatic carbocycles. The highest BCUT2D eigenvalue weighted by Crippen LogP contribution is 2.40. The molecule has 4 nitrogen and oxygen atoms in total. The summed E-state index contributed by atoms with van der Waals surface area (Å²) in [5.74, 6) is 0.218. The number of methoxy groups -OCH3 is 1. The molecule has 1 fully saturated rings. The van der Waals surface area contributed by atoms with E-state index in [-0.39, 0.29) is 5.97 Å². The van der Waals surface area contributed by atoms with E-state index in [0.29, 0.717) is 12.5 Å². The van der Waals surface area contributed by atoms with Gasteiger partial charge in [0.1, 0.15) is 5.54 Å². The number of rotatable bonds is 5. The van der Waals surface area contributed by atoms with Crippen LogP contribution in [0.1, 0.15) is 25.3 Å². The number of esters is 1. The number of nitrogens with one attached hydrogen (secondary N) is 1. The Bertz CT molecular complexity index is 390. The summed E-state index contributed by atoms with van der Waals surface area (Å²) in [5, 5.41) is 3.31. The maximum absolute atomic E-state index is 11.8. The number of hydrogen-bond donors (Lipinski definition) is 1. The fraction of sp³-hybridized carbons (Fsp3) is 0.538. The van der Waals surface area contributed by atoms with E-state index < -0.39 is 5.54 Å². The topological polar surface area (TPSA) is 51.2 Å². The number of carbonyl (C=O) groups is 1. The molecule has 92 valence electrons. The zero-order valence-corrected chi connectivity index (χ0v) is 10.3. The average Bonchev–Trinajstić information content (AvgIpc) is 3.20. The molecule has 1 N–H and O–H groups in total. The summed E-state index contributed by atoms with van der Waals surface area (Å²) < 4.78 is 4.89. The van der Waals surface area contributed by atoms with Crippen molar-refractivity contribution in [3.8, 4) is 0 Å². The highest BCUT2D eigenvalue weighted by atomic mass is 16.5. The summed E-state index contributed by atoms with van der Waals surface area (Å²) in [6.45, 7) is 2.56. The van der Waals surface area contributed by atoms with Crippen molar-refractivity contribution in [2.45, 2.75) is 31.8 Å². The minimum absolute atomic E-state index is 0.177. The van der Waals surface area contributed by atoms with Crippen molar-refractivity contribution in [3.63, 3.8) is 0 Å². The Hall–Kier alpha value is -1.42. The number of ether oxygens (including phenoxy) is 1. The van der Waals surface area contributed by atoms with Crippen LogP contribution in [0.2, 0.25) is 0 Å². The third-order valence-corrected chi connectivity index (χ3v) is 3.39. The molecular formula is C13H18N2O2.